The quantitative estimate of drug-likeness (QED) is 0.639. The van der Waals surface area contributed by atoms with Crippen molar-refractivity contribution in [2.45, 2.75) is 56.9 Å². The van der Waals surface area contributed by atoms with Crippen LogP contribution < -0.4 is 0 Å². The van der Waals surface area contributed by atoms with Gasteiger partial charge in [-0.05, 0) is 30.6 Å². The molecule has 2 bridgehead atoms. The number of amides is 2. The fraction of sp³-hybridized carbons (Fsp3) is 0.579. The highest BCUT2D eigenvalue weighted by atomic mass is 16.6. The molecule has 27 heavy (non-hydrogen) atoms. The molecule has 1 aromatic carbocycles. The minimum Gasteiger partial charge on any atom is -0.443 e. The highest BCUT2D eigenvalue weighted by Crippen LogP contribution is 2.66. The fourth-order valence-electron chi connectivity index (χ4n) is 5.52. The molecule has 0 aromatic heterocycles. The Morgan fingerprint density at radius 3 is 2.63 bits per heavy atom. The van der Waals surface area contributed by atoms with Gasteiger partial charge in [-0.25, -0.2) is 9.69 Å². The standard InChI is InChI=1S/C19H22N2O6/c1-18(2)12-8-9-19(18)13(10-12)27-17(24)20(19)16(23)15(22)14(21(25)26)11-6-4-3-5-7-11/h3-7,12-15,22H,8-10H2,1-2H3/t12-,13-,14-,15+,19-/m1/s1. The van der Waals surface area contributed by atoms with Crippen molar-refractivity contribution < 1.29 is 24.4 Å². The highest BCUT2D eigenvalue weighted by Gasteiger charge is 2.74. The van der Waals surface area contributed by atoms with E-state index in [-0.39, 0.29) is 11.0 Å². The van der Waals surface area contributed by atoms with E-state index in [2.05, 4.69) is 0 Å². The SMILES string of the molecule is CC1(C)[C@@H]2CC[C@@]13[C@@H](C2)OC(=O)N3C(=O)[C@@H](O)[C@@H](c1ccccc1)[N+](=O)[O-]. The van der Waals surface area contributed by atoms with Crippen molar-refractivity contribution in [3.05, 3.63) is 46.0 Å². The third kappa shape index (κ3) is 2.19. The van der Waals surface area contributed by atoms with Crippen LogP contribution in [0.4, 0.5) is 4.79 Å². The van der Waals surface area contributed by atoms with Gasteiger partial charge < -0.3 is 9.84 Å². The van der Waals surface area contributed by atoms with E-state index in [1.54, 1.807) is 18.2 Å². The normalized spacial score (nSPS) is 32.7. The number of nitrogens with zero attached hydrogens (tertiary/aromatic N) is 2. The minimum absolute atomic E-state index is 0.208. The Hall–Kier alpha value is -2.48. The first-order valence-electron chi connectivity index (χ1n) is 9.13. The average Bonchev–Trinajstić information content (AvgIpc) is 3.13. The molecule has 8 nitrogen and oxygen atoms in total. The number of imide groups is 1. The van der Waals surface area contributed by atoms with Crippen LogP contribution in [0.15, 0.2) is 30.3 Å². The lowest BCUT2D eigenvalue weighted by Crippen LogP contribution is -2.60. The van der Waals surface area contributed by atoms with Gasteiger partial charge in [-0.2, -0.15) is 0 Å². The summed E-state index contributed by atoms with van der Waals surface area (Å²) >= 11 is 0. The first-order valence-corrected chi connectivity index (χ1v) is 9.13. The van der Waals surface area contributed by atoms with Gasteiger partial charge in [0, 0.05) is 10.5 Å². The van der Waals surface area contributed by atoms with Crippen LogP contribution in [0.3, 0.4) is 0 Å². The van der Waals surface area contributed by atoms with Crippen LogP contribution in [-0.4, -0.2) is 44.7 Å². The number of rotatable bonds is 4. The number of carbonyl (C=O) groups is 2. The zero-order valence-corrected chi connectivity index (χ0v) is 15.2. The second kappa shape index (κ2) is 5.76. The average molecular weight is 374 g/mol. The Bertz CT molecular complexity index is 810. The summed E-state index contributed by atoms with van der Waals surface area (Å²) in [5.41, 5.74) is -0.999. The summed E-state index contributed by atoms with van der Waals surface area (Å²) in [5, 5.41) is 22.3. The summed E-state index contributed by atoms with van der Waals surface area (Å²) in [6, 6.07) is 6.21. The maximum Gasteiger partial charge on any atom is 0.417 e. The molecule has 1 aromatic rings. The Labute approximate surface area is 156 Å². The summed E-state index contributed by atoms with van der Waals surface area (Å²) in [7, 11) is 0. The van der Waals surface area contributed by atoms with Crippen LogP contribution in [0, 0.1) is 21.4 Å². The summed E-state index contributed by atoms with van der Waals surface area (Å²) in [6.07, 6.45) is -1.08. The van der Waals surface area contributed by atoms with Crippen molar-refractivity contribution in [1.29, 1.82) is 0 Å². The molecular weight excluding hydrogens is 352 g/mol. The number of benzene rings is 1. The lowest BCUT2D eigenvalue weighted by Gasteiger charge is -2.41. The van der Waals surface area contributed by atoms with E-state index in [9.17, 15) is 24.8 Å². The zero-order chi connectivity index (χ0) is 19.6. The van der Waals surface area contributed by atoms with Crippen molar-refractivity contribution >= 4 is 12.0 Å². The second-order valence-electron chi connectivity index (χ2n) is 8.25. The summed E-state index contributed by atoms with van der Waals surface area (Å²) in [5.74, 6) is -0.646. The van der Waals surface area contributed by atoms with Crippen LogP contribution in [0.5, 0.6) is 0 Å². The van der Waals surface area contributed by atoms with Crippen LogP contribution >= 0.6 is 0 Å². The van der Waals surface area contributed by atoms with E-state index < -0.39 is 40.7 Å². The Morgan fingerprint density at radius 2 is 2.04 bits per heavy atom. The molecule has 0 unspecified atom stereocenters. The van der Waals surface area contributed by atoms with Crippen molar-refractivity contribution in [2.75, 3.05) is 0 Å². The predicted molar refractivity (Wildman–Crippen MR) is 93.2 cm³/mol. The predicted octanol–water partition coefficient (Wildman–Crippen LogP) is 2.29. The molecule has 8 heteroatoms. The summed E-state index contributed by atoms with van der Waals surface area (Å²) in [6.45, 7) is 4.00. The minimum atomic E-state index is -1.97. The van der Waals surface area contributed by atoms with Gasteiger partial charge in [0.25, 0.3) is 11.9 Å². The third-order valence-corrected chi connectivity index (χ3v) is 7.01. The van der Waals surface area contributed by atoms with Crippen molar-refractivity contribution in [1.82, 2.24) is 4.90 Å². The number of hydrogen-bond acceptors (Lipinski definition) is 6. The molecule has 1 aliphatic heterocycles. The second-order valence-corrected chi connectivity index (χ2v) is 8.25. The van der Waals surface area contributed by atoms with Crippen LogP contribution in [-0.2, 0) is 9.53 Å². The first kappa shape index (κ1) is 17.9. The topological polar surface area (TPSA) is 110 Å². The maximum atomic E-state index is 13.2. The van der Waals surface area contributed by atoms with Crippen molar-refractivity contribution in [3.63, 3.8) is 0 Å². The highest BCUT2D eigenvalue weighted by molar-refractivity contribution is 5.97. The number of nitro groups is 1. The Morgan fingerprint density at radius 1 is 1.37 bits per heavy atom. The zero-order valence-electron chi connectivity index (χ0n) is 15.2. The molecule has 2 aliphatic carbocycles. The summed E-state index contributed by atoms with van der Waals surface area (Å²) < 4.78 is 5.46. The third-order valence-electron chi connectivity index (χ3n) is 7.01. The number of fused-ring (bicyclic) bond motifs is 1. The van der Waals surface area contributed by atoms with Crippen molar-refractivity contribution in [2.24, 2.45) is 11.3 Å². The lowest BCUT2D eigenvalue weighted by molar-refractivity contribution is -0.538. The number of aliphatic hydroxyl groups is 1. The maximum absolute atomic E-state index is 13.2. The molecule has 1 heterocycles. The fourth-order valence-corrected chi connectivity index (χ4v) is 5.52. The van der Waals surface area contributed by atoms with Gasteiger partial charge in [0.2, 0.25) is 6.10 Å². The number of carbonyl (C=O) groups excluding carboxylic acids is 2. The largest absolute Gasteiger partial charge is 0.443 e. The molecule has 2 amide bonds. The van der Waals surface area contributed by atoms with E-state index in [1.165, 1.54) is 12.1 Å². The van der Waals surface area contributed by atoms with Gasteiger partial charge in [0.1, 0.15) is 6.10 Å². The molecule has 2 saturated carbocycles. The van der Waals surface area contributed by atoms with Gasteiger partial charge in [0.15, 0.2) is 0 Å². The van der Waals surface area contributed by atoms with Crippen molar-refractivity contribution in [3.8, 4) is 0 Å². The van der Waals surface area contributed by atoms with Gasteiger partial charge in [-0.15, -0.1) is 0 Å². The summed E-state index contributed by atoms with van der Waals surface area (Å²) in [4.78, 5) is 37.6. The molecule has 3 aliphatic rings. The smallest absolute Gasteiger partial charge is 0.417 e. The molecule has 5 atom stereocenters. The van der Waals surface area contributed by atoms with Gasteiger partial charge in [-0.1, -0.05) is 44.2 Å². The van der Waals surface area contributed by atoms with Crippen LogP contribution in [0.1, 0.15) is 44.7 Å². The van der Waals surface area contributed by atoms with Gasteiger partial charge in [0.05, 0.1) is 5.54 Å². The number of aliphatic hydroxyl groups excluding tert-OH is 1. The molecule has 0 radical (unpaired) electrons. The van der Waals surface area contributed by atoms with Gasteiger partial charge >= 0.3 is 6.09 Å². The van der Waals surface area contributed by atoms with E-state index in [1.807, 2.05) is 13.8 Å². The molecule has 1 saturated heterocycles. The van der Waals surface area contributed by atoms with Crippen LogP contribution in [0.25, 0.3) is 0 Å². The van der Waals surface area contributed by atoms with E-state index in [0.717, 1.165) is 11.3 Å². The molecule has 1 N–H and O–H groups in total. The monoisotopic (exact) mass is 374 g/mol. The Kier molecular flexibility index (Phi) is 3.82. The van der Waals surface area contributed by atoms with E-state index in [4.69, 9.17) is 4.74 Å². The Balaban J connectivity index is 1.71. The molecule has 4 rings (SSSR count). The molecular formula is C19H22N2O6. The number of hydrogen-bond donors (Lipinski definition) is 1. The van der Waals surface area contributed by atoms with Crippen LogP contribution in [0.2, 0.25) is 0 Å². The first-order chi connectivity index (χ1) is 12.7. The van der Waals surface area contributed by atoms with E-state index in [0.29, 0.717) is 18.8 Å². The lowest BCUT2D eigenvalue weighted by atomic mass is 9.74. The molecule has 1 spiro atoms. The number of ether oxygens (including phenoxy) is 1. The molecule has 3 fully saturated rings. The molecule has 144 valence electrons. The van der Waals surface area contributed by atoms with Gasteiger partial charge in [-0.3, -0.25) is 14.9 Å². The van der Waals surface area contributed by atoms with E-state index >= 15 is 0 Å².